The average Bonchev–Trinajstić information content (AvgIpc) is 2.83. The van der Waals surface area contributed by atoms with Crippen molar-refractivity contribution in [3.8, 4) is 0 Å². The van der Waals surface area contributed by atoms with E-state index in [1.165, 1.54) is 0 Å². The van der Waals surface area contributed by atoms with Crippen LogP contribution in [0.5, 0.6) is 0 Å². The minimum atomic E-state index is -0.420. The van der Waals surface area contributed by atoms with Crippen LogP contribution in [0.1, 0.15) is 45.4 Å². The summed E-state index contributed by atoms with van der Waals surface area (Å²) in [6.45, 7) is 9.46. The first-order valence-electron chi connectivity index (χ1n) is 11.2. The van der Waals surface area contributed by atoms with E-state index in [0.717, 1.165) is 24.3 Å². The third kappa shape index (κ3) is 9.68. The van der Waals surface area contributed by atoms with Gasteiger partial charge in [0.2, 0.25) is 0 Å². The number of hydrogen-bond donors (Lipinski definition) is 3. The van der Waals surface area contributed by atoms with E-state index in [-0.39, 0.29) is 35.7 Å². The van der Waals surface area contributed by atoms with Crippen LogP contribution in [-0.2, 0) is 14.4 Å². The third-order valence-electron chi connectivity index (χ3n) is 5.87. The van der Waals surface area contributed by atoms with Gasteiger partial charge in [0.05, 0.1) is 23.9 Å². The molecule has 1 saturated carbocycles. The fourth-order valence-electron chi connectivity index (χ4n) is 3.72. The average molecular weight is 485 g/mol. The Labute approximate surface area is 201 Å². The van der Waals surface area contributed by atoms with Crippen molar-refractivity contribution in [1.29, 1.82) is 0 Å². The molecule has 7 nitrogen and oxygen atoms in total. The van der Waals surface area contributed by atoms with Crippen LogP contribution in [0, 0.1) is 17.8 Å². The van der Waals surface area contributed by atoms with Crippen molar-refractivity contribution in [2.45, 2.75) is 57.5 Å². The first-order valence-corrected chi connectivity index (χ1v) is 14.0. The lowest BCUT2D eigenvalue weighted by Crippen LogP contribution is -2.42. The first-order chi connectivity index (χ1) is 15.4. The number of nitrogens with two attached hydrogens (primary N) is 1. The molecule has 1 rings (SSSR count). The van der Waals surface area contributed by atoms with Crippen molar-refractivity contribution in [1.82, 2.24) is 10.9 Å². The summed E-state index contributed by atoms with van der Waals surface area (Å²) in [5, 5.41) is 0. The van der Waals surface area contributed by atoms with Crippen LogP contribution < -0.4 is 16.7 Å². The molecule has 4 N–H and O–H groups in total. The summed E-state index contributed by atoms with van der Waals surface area (Å²) in [5.74, 6) is 7.24. The van der Waals surface area contributed by atoms with Crippen LogP contribution in [-0.4, -0.2) is 53.7 Å². The fourth-order valence-corrected chi connectivity index (χ4v) is 4.68. The number of nitrogens with one attached hydrogen (secondary N) is 2. The van der Waals surface area contributed by atoms with E-state index in [2.05, 4.69) is 29.1 Å². The van der Waals surface area contributed by atoms with Gasteiger partial charge in [-0.1, -0.05) is 12.2 Å². The van der Waals surface area contributed by atoms with E-state index in [1.807, 2.05) is 19.4 Å². The number of hydrazine groups is 1. The fraction of sp³-hybridized carbons (Fsp3) is 0.696. The highest BCUT2D eigenvalue weighted by molar-refractivity contribution is 7.98. The summed E-state index contributed by atoms with van der Waals surface area (Å²) < 4.78 is 0. The Kier molecular flexibility index (Phi) is 14.7. The number of hydrogen-bond acceptors (Lipinski definition) is 8. The van der Waals surface area contributed by atoms with Crippen LogP contribution >= 0.6 is 23.5 Å². The van der Waals surface area contributed by atoms with Gasteiger partial charge in [-0.2, -0.15) is 23.5 Å². The van der Waals surface area contributed by atoms with Gasteiger partial charge in [-0.15, -0.1) is 18.6 Å². The zero-order chi connectivity index (χ0) is 23.9. The van der Waals surface area contributed by atoms with E-state index in [4.69, 9.17) is 10.7 Å². The Hall–Kier alpha value is -1.29. The molecular weight excluding hydrogens is 444 g/mol. The van der Waals surface area contributed by atoms with Gasteiger partial charge < -0.3 is 10.3 Å². The molecule has 32 heavy (non-hydrogen) atoms. The second-order valence-electron chi connectivity index (χ2n) is 8.08. The number of amidine groups is 1. The van der Waals surface area contributed by atoms with Gasteiger partial charge in [-0.25, -0.2) is 5.84 Å². The van der Waals surface area contributed by atoms with Crippen molar-refractivity contribution in [3.05, 3.63) is 25.3 Å². The largest absolute Gasteiger partial charge is 0.370 e. The molecular formula is C23H40N4O3S2. The van der Waals surface area contributed by atoms with E-state index in [1.54, 1.807) is 35.7 Å². The number of carbonyl (C=O) groups is 2. The van der Waals surface area contributed by atoms with Gasteiger partial charge >= 0.3 is 5.97 Å². The van der Waals surface area contributed by atoms with Crippen LogP contribution in [0.15, 0.2) is 30.3 Å². The maximum atomic E-state index is 13.1. The summed E-state index contributed by atoms with van der Waals surface area (Å²) >= 11 is 3.48. The predicted molar refractivity (Wildman–Crippen MR) is 138 cm³/mol. The number of aliphatic imine (C=N–C) groups is 1. The molecule has 9 heteroatoms. The number of hydroxylamine groups is 1. The maximum absolute atomic E-state index is 13.1. The number of rotatable bonds is 15. The van der Waals surface area contributed by atoms with E-state index in [9.17, 15) is 9.59 Å². The number of thioether (sulfide) groups is 2. The Balaban J connectivity index is 2.58. The van der Waals surface area contributed by atoms with Crippen LogP contribution in [0.2, 0.25) is 0 Å². The lowest BCUT2D eigenvalue weighted by molar-refractivity contribution is -0.159. The Morgan fingerprint density at radius 3 is 2.22 bits per heavy atom. The molecule has 0 bridgehead atoms. The second kappa shape index (κ2) is 16.3. The lowest BCUT2D eigenvalue weighted by atomic mass is 9.77. The first kappa shape index (κ1) is 28.7. The van der Waals surface area contributed by atoms with Crippen molar-refractivity contribution in [2.24, 2.45) is 28.6 Å². The van der Waals surface area contributed by atoms with E-state index in [0.29, 0.717) is 31.5 Å². The summed E-state index contributed by atoms with van der Waals surface area (Å²) in [6.07, 6.45) is 11.9. The van der Waals surface area contributed by atoms with Crippen LogP contribution in [0.25, 0.3) is 0 Å². The van der Waals surface area contributed by atoms with Gasteiger partial charge in [0.1, 0.15) is 11.6 Å². The predicted octanol–water partition coefficient (Wildman–Crippen LogP) is 3.52. The molecule has 0 aromatic heterocycles. The van der Waals surface area contributed by atoms with E-state index >= 15 is 0 Å². The highest BCUT2D eigenvalue weighted by atomic mass is 32.2. The van der Waals surface area contributed by atoms with Crippen molar-refractivity contribution < 1.29 is 14.4 Å². The third-order valence-corrected chi connectivity index (χ3v) is 7.16. The molecule has 3 atom stereocenters. The summed E-state index contributed by atoms with van der Waals surface area (Å²) in [5.41, 5.74) is 5.44. The number of nitrogens with zero attached hydrogens (tertiary/aromatic N) is 1. The number of Topliss-reactive ketones (excluding diaryl/α,β-unsaturated/α-hetero) is 1. The molecule has 0 amide bonds. The minimum Gasteiger partial charge on any atom is -0.370 e. The molecule has 0 aromatic carbocycles. The number of ketones is 1. The molecule has 0 radical (unpaired) electrons. The second-order valence-corrected chi connectivity index (χ2v) is 10.0. The summed E-state index contributed by atoms with van der Waals surface area (Å²) in [4.78, 5) is 35.4. The summed E-state index contributed by atoms with van der Waals surface area (Å²) in [7, 11) is 0. The van der Waals surface area contributed by atoms with Gasteiger partial charge in [-0.05, 0) is 69.5 Å². The highest BCUT2D eigenvalue weighted by Gasteiger charge is 2.34. The van der Waals surface area contributed by atoms with Crippen LogP contribution in [0.3, 0.4) is 0 Å². The Morgan fingerprint density at radius 1 is 1.09 bits per heavy atom. The molecule has 1 fully saturated rings. The van der Waals surface area contributed by atoms with E-state index < -0.39 is 5.92 Å². The quantitative estimate of drug-likeness (QED) is 0.107. The molecule has 0 aromatic rings. The topological polar surface area (TPSA) is 106 Å². The smallest absolute Gasteiger partial charge is 0.327 e. The van der Waals surface area contributed by atoms with Gasteiger partial charge in [-0.3, -0.25) is 14.6 Å². The van der Waals surface area contributed by atoms with Crippen molar-refractivity contribution in [2.75, 3.05) is 24.0 Å². The molecule has 0 saturated heterocycles. The molecule has 0 heterocycles. The normalized spacial score (nSPS) is 21.8. The Bertz CT molecular complexity index is 637. The zero-order valence-electron chi connectivity index (χ0n) is 19.7. The maximum Gasteiger partial charge on any atom is 0.327 e. The van der Waals surface area contributed by atoms with Gasteiger partial charge in [0, 0.05) is 5.92 Å². The molecule has 0 aliphatic heterocycles. The molecule has 1 unspecified atom stereocenters. The molecule has 182 valence electrons. The zero-order valence-corrected chi connectivity index (χ0v) is 21.3. The lowest BCUT2D eigenvalue weighted by Gasteiger charge is -2.28. The molecule has 0 spiro atoms. The molecule has 1 aliphatic rings. The van der Waals surface area contributed by atoms with Crippen molar-refractivity contribution in [3.63, 3.8) is 0 Å². The monoisotopic (exact) mass is 484 g/mol. The van der Waals surface area contributed by atoms with Crippen molar-refractivity contribution >= 4 is 41.1 Å². The molecule has 1 aliphatic carbocycles. The van der Waals surface area contributed by atoms with Crippen LogP contribution in [0.4, 0.5) is 0 Å². The SMILES string of the molecule is C=C[C@H](CCSC)N=C(NN)C(C)C(=O)C1CCC(C(=O)ON[C@H](C=C)CCSC)CC1. The Morgan fingerprint density at radius 2 is 1.69 bits per heavy atom. The number of carbonyl (C=O) groups excluding carboxylic acids is 2. The standard InChI is InChI=1S/C23H40N4O3S2/c1-6-19(12-14-31-4)25-22(26-24)16(3)21(28)17-8-10-18(11-9-17)23(29)30-27-20(7-2)13-15-32-5/h6-7,16-20,27H,1-2,8-15,24H2,3-5H3,(H,25,26)/t16?,17?,18?,19-,20-/m1/s1. The van der Waals surface area contributed by atoms with Gasteiger partial charge in [0.15, 0.2) is 0 Å². The summed E-state index contributed by atoms with van der Waals surface area (Å²) in [6, 6.07) is -0.126. The van der Waals surface area contributed by atoms with Gasteiger partial charge in [0.25, 0.3) is 0 Å². The highest BCUT2D eigenvalue weighted by Crippen LogP contribution is 2.32. The minimum absolute atomic E-state index is 0.0538.